The number of carbonyl (C=O) groups is 1. The third kappa shape index (κ3) is 1.63. The standard InChI is InChI=1S/C8H11N3O2/c9-7-4-6(11-13-7)8(12)10-5-2-1-3-5/h4-5H,1-3,9H2,(H,10,12). The number of aromatic nitrogens is 1. The minimum absolute atomic E-state index is 0.166. The van der Waals surface area contributed by atoms with Gasteiger partial charge in [0.05, 0.1) is 0 Å². The van der Waals surface area contributed by atoms with Crippen LogP contribution in [0, 0.1) is 0 Å². The normalized spacial score (nSPS) is 16.6. The quantitative estimate of drug-likeness (QED) is 0.697. The molecule has 1 amide bonds. The number of hydrogen-bond acceptors (Lipinski definition) is 4. The summed E-state index contributed by atoms with van der Waals surface area (Å²) in [6.07, 6.45) is 3.30. The highest BCUT2D eigenvalue weighted by Gasteiger charge is 2.21. The highest BCUT2D eigenvalue weighted by molar-refractivity contribution is 5.92. The molecule has 5 heteroatoms. The van der Waals surface area contributed by atoms with Crippen LogP contribution in [0.3, 0.4) is 0 Å². The van der Waals surface area contributed by atoms with E-state index >= 15 is 0 Å². The molecule has 2 rings (SSSR count). The van der Waals surface area contributed by atoms with Gasteiger partial charge in [0.1, 0.15) is 0 Å². The van der Waals surface area contributed by atoms with E-state index in [1.54, 1.807) is 0 Å². The van der Waals surface area contributed by atoms with Gasteiger partial charge in [-0.2, -0.15) is 0 Å². The second kappa shape index (κ2) is 3.08. The molecule has 1 aromatic rings. The Hall–Kier alpha value is -1.52. The van der Waals surface area contributed by atoms with E-state index in [0.717, 1.165) is 12.8 Å². The molecule has 0 spiro atoms. The molecule has 0 aliphatic heterocycles. The van der Waals surface area contributed by atoms with Crippen molar-refractivity contribution < 1.29 is 9.32 Å². The molecule has 0 aromatic carbocycles. The first kappa shape index (κ1) is 8.10. The summed E-state index contributed by atoms with van der Waals surface area (Å²) < 4.78 is 4.59. The van der Waals surface area contributed by atoms with Crippen molar-refractivity contribution in [3.8, 4) is 0 Å². The van der Waals surface area contributed by atoms with Crippen molar-refractivity contribution in [2.24, 2.45) is 0 Å². The number of carbonyl (C=O) groups excluding carboxylic acids is 1. The molecule has 13 heavy (non-hydrogen) atoms. The average Bonchev–Trinajstić information content (AvgIpc) is 2.44. The lowest BCUT2D eigenvalue weighted by molar-refractivity contribution is 0.0908. The van der Waals surface area contributed by atoms with Crippen LogP contribution >= 0.6 is 0 Å². The predicted octanol–water partition coefficient (Wildman–Crippen LogP) is 0.539. The smallest absolute Gasteiger partial charge is 0.273 e. The lowest BCUT2D eigenvalue weighted by Crippen LogP contribution is -2.39. The van der Waals surface area contributed by atoms with Gasteiger partial charge in [0.15, 0.2) is 5.69 Å². The minimum atomic E-state index is -0.204. The second-order valence-corrected chi connectivity index (χ2v) is 3.22. The van der Waals surface area contributed by atoms with E-state index in [0.29, 0.717) is 6.04 Å². The van der Waals surface area contributed by atoms with Gasteiger partial charge in [-0.05, 0) is 19.3 Å². The molecule has 70 valence electrons. The monoisotopic (exact) mass is 181 g/mol. The zero-order valence-corrected chi connectivity index (χ0v) is 7.12. The summed E-state index contributed by atoms with van der Waals surface area (Å²) >= 11 is 0. The molecule has 1 fully saturated rings. The summed E-state index contributed by atoms with van der Waals surface area (Å²) in [5.41, 5.74) is 5.54. The number of amides is 1. The van der Waals surface area contributed by atoms with Crippen LogP contribution in [-0.4, -0.2) is 17.1 Å². The third-order valence-electron chi connectivity index (χ3n) is 2.20. The van der Waals surface area contributed by atoms with Crippen LogP contribution in [0.1, 0.15) is 29.8 Å². The van der Waals surface area contributed by atoms with Crippen molar-refractivity contribution in [2.75, 3.05) is 5.73 Å². The first-order valence-corrected chi connectivity index (χ1v) is 4.29. The molecule has 0 saturated heterocycles. The summed E-state index contributed by atoms with van der Waals surface area (Å²) in [6.45, 7) is 0. The topological polar surface area (TPSA) is 81.2 Å². The van der Waals surface area contributed by atoms with Crippen molar-refractivity contribution in [3.05, 3.63) is 11.8 Å². The van der Waals surface area contributed by atoms with E-state index in [-0.39, 0.29) is 17.5 Å². The molecule has 5 nitrogen and oxygen atoms in total. The summed E-state index contributed by atoms with van der Waals surface area (Å²) in [5, 5.41) is 6.34. The molecular formula is C8H11N3O2. The maximum atomic E-state index is 11.4. The van der Waals surface area contributed by atoms with E-state index < -0.39 is 0 Å². The van der Waals surface area contributed by atoms with Crippen LogP contribution in [0.5, 0.6) is 0 Å². The van der Waals surface area contributed by atoms with Crippen LogP contribution in [-0.2, 0) is 0 Å². The van der Waals surface area contributed by atoms with Crippen LogP contribution in [0.25, 0.3) is 0 Å². The van der Waals surface area contributed by atoms with Gasteiger partial charge in [0.25, 0.3) is 5.91 Å². The number of anilines is 1. The van der Waals surface area contributed by atoms with Gasteiger partial charge < -0.3 is 15.6 Å². The van der Waals surface area contributed by atoms with E-state index in [9.17, 15) is 4.79 Å². The maximum Gasteiger partial charge on any atom is 0.273 e. The molecule has 3 N–H and O–H groups in total. The summed E-state index contributed by atoms with van der Waals surface area (Å²) in [7, 11) is 0. The van der Waals surface area contributed by atoms with Crippen molar-refractivity contribution in [1.82, 2.24) is 10.5 Å². The molecule has 1 aliphatic rings. The Balaban J connectivity index is 1.96. The average molecular weight is 181 g/mol. The van der Waals surface area contributed by atoms with Crippen LogP contribution < -0.4 is 11.1 Å². The molecule has 0 unspecified atom stereocenters. The van der Waals surface area contributed by atoms with Gasteiger partial charge in [0.2, 0.25) is 5.88 Å². The van der Waals surface area contributed by atoms with Crippen molar-refractivity contribution in [3.63, 3.8) is 0 Å². The van der Waals surface area contributed by atoms with Gasteiger partial charge in [0, 0.05) is 12.1 Å². The molecule has 1 aromatic heterocycles. The van der Waals surface area contributed by atoms with E-state index in [4.69, 9.17) is 5.73 Å². The lowest BCUT2D eigenvalue weighted by Gasteiger charge is -2.25. The van der Waals surface area contributed by atoms with Crippen molar-refractivity contribution in [2.45, 2.75) is 25.3 Å². The zero-order chi connectivity index (χ0) is 9.26. The predicted molar refractivity (Wildman–Crippen MR) is 46.0 cm³/mol. The Morgan fingerprint density at radius 2 is 2.46 bits per heavy atom. The lowest BCUT2D eigenvalue weighted by atomic mass is 9.93. The molecule has 1 heterocycles. The fourth-order valence-electron chi connectivity index (χ4n) is 1.21. The number of nitrogens with one attached hydrogen (secondary N) is 1. The molecule has 0 radical (unpaired) electrons. The van der Waals surface area contributed by atoms with Gasteiger partial charge in [-0.1, -0.05) is 5.16 Å². The Kier molecular flexibility index (Phi) is 1.92. The number of nitrogen functional groups attached to an aromatic ring is 1. The highest BCUT2D eigenvalue weighted by Crippen LogP contribution is 2.18. The van der Waals surface area contributed by atoms with Gasteiger partial charge in [-0.3, -0.25) is 4.79 Å². The third-order valence-corrected chi connectivity index (χ3v) is 2.20. The van der Waals surface area contributed by atoms with Gasteiger partial charge in [-0.25, -0.2) is 0 Å². The zero-order valence-electron chi connectivity index (χ0n) is 7.12. The summed E-state index contributed by atoms with van der Waals surface area (Å²) in [4.78, 5) is 11.4. The Morgan fingerprint density at radius 1 is 1.69 bits per heavy atom. The Morgan fingerprint density at radius 3 is 2.92 bits per heavy atom. The Bertz CT molecular complexity index is 317. The molecule has 1 saturated carbocycles. The second-order valence-electron chi connectivity index (χ2n) is 3.22. The highest BCUT2D eigenvalue weighted by atomic mass is 16.5. The minimum Gasteiger partial charge on any atom is -0.368 e. The largest absolute Gasteiger partial charge is 0.368 e. The van der Waals surface area contributed by atoms with Gasteiger partial charge in [-0.15, -0.1) is 0 Å². The van der Waals surface area contributed by atoms with E-state index in [1.807, 2.05) is 0 Å². The van der Waals surface area contributed by atoms with E-state index in [1.165, 1.54) is 12.5 Å². The summed E-state index contributed by atoms with van der Waals surface area (Å²) in [6, 6.07) is 1.74. The number of hydrogen-bond donors (Lipinski definition) is 2. The van der Waals surface area contributed by atoms with Crippen molar-refractivity contribution in [1.29, 1.82) is 0 Å². The summed E-state index contributed by atoms with van der Waals surface area (Å²) in [5.74, 6) is -0.0380. The maximum absolute atomic E-state index is 11.4. The van der Waals surface area contributed by atoms with Crippen LogP contribution in [0.4, 0.5) is 5.88 Å². The Labute approximate surface area is 75.3 Å². The fourth-order valence-corrected chi connectivity index (χ4v) is 1.21. The number of nitrogens with zero attached hydrogens (tertiary/aromatic N) is 1. The van der Waals surface area contributed by atoms with Crippen LogP contribution in [0.2, 0.25) is 0 Å². The molecule has 1 aliphatic carbocycles. The first-order chi connectivity index (χ1) is 6.25. The SMILES string of the molecule is Nc1cc(C(=O)NC2CCC2)no1. The molecular weight excluding hydrogens is 170 g/mol. The van der Waals surface area contributed by atoms with Crippen LogP contribution in [0.15, 0.2) is 10.6 Å². The molecule has 0 atom stereocenters. The first-order valence-electron chi connectivity index (χ1n) is 4.29. The number of rotatable bonds is 2. The van der Waals surface area contributed by atoms with Gasteiger partial charge >= 0.3 is 0 Å². The molecule has 0 bridgehead atoms. The van der Waals surface area contributed by atoms with E-state index in [2.05, 4.69) is 15.0 Å². The fraction of sp³-hybridized carbons (Fsp3) is 0.500. The number of nitrogens with two attached hydrogens (primary N) is 1. The van der Waals surface area contributed by atoms with Crippen molar-refractivity contribution >= 4 is 11.8 Å².